The third kappa shape index (κ3) is 5.42. The van der Waals surface area contributed by atoms with Gasteiger partial charge in [-0.3, -0.25) is 19.3 Å². The maximum absolute atomic E-state index is 9.87. The largest absolute Gasteiger partial charge is 0.392 e. The van der Waals surface area contributed by atoms with Crippen molar-refractivity contribution in [2.45, 2.75) is 25.5 Å². The van der Waals surface area contributed by atoms with Crippen LogP contribution < -0.4 is 5.32 Å². The first-order valence-electron chi connectivity index (χ1n) is 14.4. The average Bonchev–Trinajstić information content (AvgIpc) is 3.65. The number of imidazole rings is 1. The molecule has 10 heteroatoms. The summed E-state index contributed by atoms with van der Waals surface area (Å²) in [6, 6.07) is 15.8. The van der Waals surface area contributed by atoms with Crippen LogP contribution in [-0.4, -0.2) is 53.5 Å². The fourth-order valence-corrected chi connectivity index (χ4v) is 6.40. The van der Waals surface area contributed by atoms with E-state index in [0.717, 1.165) is 69.7 Å². The Morgan fingerprint density at radius 2 is 1.82 bits per heavy atom. The molecule has 220 valence electrons. The molecular formula is C34H29Cl2N7O. The van der Waals surface area contributed by atoms with Gasteiger partial charge >= 0.3 is 0 Å². The Morgan fingerprint density at radius 1 is 0.977 bits per heavy atom. The number of nitrogens with one attached hydrogen (secondary N) is 1. The summed E-state index contributed by atoms with van der Waals surface area (Å²) in [5, 5.41) is 15.4. The van der Waals surface area contributed by atoms with E-state index < -0.39 is 0 Å². The van der Waals surface area contributed by atoms with Crippen LogP contribution in [0.4, 0.5) is 11.5 Å². The molecule has 1 aliphatic rings. The van der Waals surface area contributed by atoms with E-state index in [4.69, 9.17) is 28.2 Å². The summed E-state index contributed by atoms with van der Waals surface area (Å²) in [4.78, 5) is 20.7. The molecule has 4 aromatic heterocycles. The summed E-state index contributed by atoms with van der Waals surface area (Å²) in [7, 11) is 0. The fourth-order valence-electron chi connectivity index (χ4n) is 5.83. The zero-order chi connectivity index (χ0) is 30.2. The Bertz CT molecular complexity index is 2030. The van der Waals surface area contributed by atoms with Crippen LogP contribution in [0.15, 0.2) is 86.1 Å². The number of rotatable bonds is 8. The second-order valence-corrected chi connectivity index (χ2v) is 11.7. The minimum absolute atomic E-state index is 0.249. The Labute approximate surface area is 264 Å². The maximum atomic E-state index is 9.87. The van der Waals surface area contributed by atoms with E-state index in [9.17, 15) is 5.11 Å². The van der Waals surface area contributed by atoms with Crippen LogP contribution in [0, 0.1) is 0 Å². The fraction of sp³-hybridized carbons (Fsp3) is 0.176. The molecule has 1 fully saturated rings. The molecule has 0 aliphatic carbocycles. The lowest BCUT2D eigenvalue weighted by Gasteiger charge is -2.16. The minimum atomic E-state index is -0.249. The highest BCUT2D eigenvalue weighted by Gasteiger charge is 2.21. The number of nitrogens with zero attached hydrogens (tertiary/aromatic N) is 6. The number of hydrogen-bond acceptors (Lipinski definition) is 7. The molecule has 2 N–H and O–H groups in total. The molecule has 5 heterocycles. The second kappa shape index (κ2) is 12.0. The highest BCUT2D eigenvalue weighted by atomic mass is 35.5. The summed E-state index contributed by atoms with van der Waals surface area (Å²) < 4.78 is 1.97. The van der Waals surface area contributed by atoms with E-state index in [-0.39, 0.29) is 6.10 Å². The molecular weight excluding hydrogens is 593 g/mol. The SMILES string of the molecule is C=Cc1cnc2c(Cc3cccc(-c4cccc(Nc5nccc6cc(CN7CC[C@@H](O)C7)cnc56)c4Cl)c3Cl)nccn12. The Morgan fingerprint density at radius 3 is 2.64 bits per heavy atom. The molecule has 0 amide bonds. The summed E-state index contributed by atoms with van der Waals surface area (Å²) in [6.07, 6.45) is 11.9. The zero-order valence-corrected chi connectivity index (χ0v) is 25.3. The number of anilines is 2. The van der Waals surface area contributed by atoms with Gasteiger partial charge in [0, 0.05) is 67.4 Å². The molecule has 0 bridgehead atoms. The van der Waals surface area contributed by atoms with Crippen molar-refractivity contribution in [1.29, 1.82) is 0 Å². The van der Waals surface area contributed by atoms with Gasteiger partial charge in [0.05, 0.1) is 39.4 Å². The lowest BCUT2D eigenvalue weighted by atomic mass is 10.00. The molecule has 8 nitrogen and oxygen atoms in total. The summed E-state index contributed by atoms with van der Waals surface area (Å²) >= 11 is 14.1. The first kappa shape index (κ1) is 28.4. The maximum Gasteiger partial charge on any atom is 0.159 e. The van der Waals surface area contributed by atoms with Crippen LogP contribution >= 0.6 is 23.2 Å². The van der Waals surface area contributed by atoms with Crippen molar-refractivity contribution in [3.05, 3.63) is 119 Å². The topological polar surface area (TPSA) is 91.5 Å². The lowest BCUT2D eigenvalue weighted by molar-refractivity contribution is 0.175. The van der Waals surface area contributed by atoms with Gasteiger partial charge in [-0.1, -0.05) is 60.1 Å². The van der Waals surface area contributed by atoms with Gasteiger partial charge in [0.2, 0.25) is 0 Å². The number of benzene rings is 2. The summed E-state index contributed by atoms with van der Waals surface area (Å²) in [6.45, 7) is 6.20. The molecule has 1 atom stereocenters. The molecule has 1 aliphatic heterocycles. The van der Waals surface area contributed by atoms with E-state index in [1.807, 2.05) is 59.3 Å². The van der Waals surface area contributed by atoms with Gasteiger partial charge in [-0.2, -0.15) is 0 Å². The highest BCUT2D eigenvalue weighted by molar-refractivity contribution is 6.38. The molecule has 0 radical (unpaired) electrons. The number of aliphatic hydroxyl groups excluding tert-OH is 1. The van der Waals surface area contributed by atoms with Crippen LogP contribution in [0.1, 0.15) is 28.9 Å². The number of hydrogen-bond donors (Lipinski definition) is 2. The van der Waals surface area contributed by atoms with Gasteiger partial charge in [0.25, 0.3) is 0 Å². The highest BCUT2D eigenvalue weighted by Crippen LogP contribution is 2.40. The molecule has 0 unspecified atom stereocenters. The number of likely N-dealkylation sites (tertiary alicyclic amines) is 1. The number of pyridine rings is 2. The van der Waals surface area contributed by atoms with Gasteiger partial charge in [0.1, 0.15) is 5.52 Å². The summed E-state index contributed by atoms with van der Waals surface area (Å²) in [5.74, 6) is 0.613. The van der Waals surface area contributed by atoms with Crippen molar-refractivity contribution in [3.8, 4) is 11.1 Å². The molecule has 0 saturated carbocycles. The van der Waals surface area contributed by atoms with Gasteiger partial charge < -0.3 is 10.4 Å². The number of β-amino-alcohol motifs (C(OH)–C–C–N with tert-alkyl or cyclic N) is 1. The van der Waals surface area contributed by atoms with Gasteiger partial charge in [-0.05, 0) is 41.8 Å². The van der Waals surface area contributed by atoms with Crippen molar-refractivity contribution in [1.82, 2.24) is 29.2 Å². The van der Waals surface area contributed by atoms with Crippen molar-refractivity contribution in [3.63, 3.8) is 0 Å². The van der Waals surface area contributed by atoms with Crippen LogP contribution in [0.5, 0.6) is 0 Å². The van der Waals surface area contributed by atoms with Crippen molar-refractivity contribution >= 4 is 57.3 Å². The van der Waals surface area contributed by atoms with E-state index in [1.165, 1.54) is 0 Å². The first-order chi connectivity index (χ1) is 21.5. The van der Waals surface area contributed by atoms with Crippen LogP contribution in [0.2, 0.25) is 10.0 Å². The Hall–Kier alpha value is -4.34. The number of aromatic nitrogens is 5. The molecule has 1 saturated heterocycles. The summed E-state index contributed by atoms with van der Waals surface area (Å²) in [5.41, 5.74) is 7.57. The van der Waals surface area contributed by atoms with Crippen LogP contribution in [-0.2, 0) is 13.0 Å². The monoisotopic (exact) mass is 621 g/mol. The number of halogens is 2. The van der Waals surface area contributed by atoms with Crippen LogP contribution in [0.3, 0.4) is 0 Å². The molecule has 6 aromatic rings. The molecule has 0 spiro atoms. The lowest BCUT2D eigenvalue weighted by Crippen LogP contribution is -2.21. The average molecular weight is 623 g/mol. The van der Waals surface area contributed by atoms with Gasteiger partial charge in [-0.15, -0.1) is 0 Å². The van der Waals surface area contributed by atoms with E-state index >= 15 is 0 Å². The third-order valence-electron chi connectivity index (χ3n) is 8.03. The quantitative estimate of drug-likeness (QED) is 0.186. The Kier molecular flexibility index (Phi) is 7.74. The predicted octanol–water partition coefficient (Wildman–Crippen LogP) is 7.19. The van der Waals surface area contributed by atoms with E-state index in [1.54, 1.807) is 24.7 Å². The van der Waals surface area contributed by atoms with Crippen molar-refractivity contribution in [2.24, 2.45) is 0 Å². The molecule has 2 aromatic carbocycles. The van der Waals surface area contributed by atoms with Crippen LogP contribution in [0.25, 0.3) is 33.8 Å². The smallest absolute Gasteiger partial charge is 0.159 e. The number of fused-ring (bicyclic) bond motifs is 2. The van der Waals surface area contributed by atoms with Gasteiger partial charge in [-0.25, -0.2) is 9.97 Å². The predicted molar refractivity (Wildman–Crippen MR) is 177 cm³/mol. The van der Waals surface area contributed by atoms with Gasteiger partial charge in [0.15, 0.2) is 11.5 Å². The van der Waals surface area contributed by atoms with E-state index in [2.05, 4.69) is 37.8 Å². The zero-order valence-electron chi connectivity index (χ0n) is 23.8. The number of aliphatic hydroxyl groups is 1. The minimum Gasteiger partial charge on any atom is -0.392 e. The first-order valence-corrected chi connectivity index (χ1v) is 15.1. The molecule has 44 heavy (non-hydrogen) atoms. The normalized spacial score (nSPS) is 15.3. The van der Waals surface area contributed by atoms with Crippen molar-refractivity contribution < 1.29 is 5.11 Å². The second-order valence-electron chi connectivity index (χ2n) is 11.0. The Balaban J connectivity index is 1.17. The standard InChI is InChI=1S/C34H29Cl2N7O/c1-2-24-18-40-34-29(37-12-14-43(24)34)16-22-5-3-6-26(30(22)35)27-7-4-8-28(31(27)36)41-33-32-23(9-11-38-33)15-21(17-39-32)19-42-13-10-25(44)20-42/h2-9,11-12,14-15,17-18,25,44H,1,10,13,16,19-20H2,(H,38,41)/t25-/m1/s1. The molecule has 7 rings (SSSR count). The van der Waals surface area contributed by atoms with Crippen molar-refractivity contribution in [2.75, 3.05) is 18.4 Å². The van der Waals surface area contributed by atoms with E-state index in [0.29, 0.717) is 34.5 Å². The third-order valence-corrected chi connectivity index (χ3v) is 8.88.